The summed E-state index contributed by atoms with van der Waals surface area (Å²) in [6, 6.07) is 0. The fourth-order valence-electron chi connectivity index (χ4n) is 0. The van der Waals surface area contributed by atoms with E-state index in [2.05, 4.69) is 28.2 Å². The Labute approximate surface area is 134 Å². The first kappa shape index (κ1) is 221. The zero-order valence-electron chi connectivity index (χ0n) is 4.45. The third-order valence-electron chi connectivity index (χ3n) is 0. The predicted octanol–water partition coefficient (Wildman–Crippen LogP) is -17.1. The minimum atomic E-state index is 0. The smallest absolute Gasteiger partial charge is 0.0675 e. The Hall–Kier alpha value is 0.739. The molecule has 0 fully saturated rings. The van der Waals surface area contributed by atoms with Crippen LogP contribution in [-0.2, 0) is 0 Å². The molecule has 0 rings (SSSR count). The average molecular weight is 252 g/mol. The molecule has 0 radical (unpaired) electrons. The summed E-state index contributed by atoms with van der Waals surface area (Å²) in [6.07, 6.45) is 0. The molecule has 17 heavy (non-hydrogen) atoms. The first-order chi connectivity index (χ1) is 2.00. The lowest BCUT2D eigenvalue weighted by Crippen LogP contribution is -2.27. The van der Waals surface area contributed by atoms with Crippen molar-refractivity contribution in [1.82, 2.24) is 0 Å². The van der Waals surface area contributed by atoms with Gasteiger partial charge in [0.05, 0.1) is 28.2 Å². The van der Waals surface area contributed by atoms with Gasteiger partial charge in [-0.2, -0.15) is 0 Å². The van der Waals surface area contributed by atoms with E-state index in [1.165, 1.54) is 0 Å². The Morgan fingerprint density at radius 3 is 0.294 bits per heavy atom. The molecule has 0 aliphatic rings. The van der Waals surface area contributed by atoms with Crippen molar-refractivity contribution in [2.75, 3.05) is 28.2 Å². The molecule has 0 aromatic carbocycles. The zero-order valence-corrected chi connectivity index (χ0v) is 4.45. The van der Waals surface area contributed by atoms with Crippen molar-refractivity contribution >= 4 is 101 Å². The van der Waals surface area contributed by atoms with E-state index in [1.54, 1.807) is 0 Å². The van der Waals surface area contributed by atoms with E-state index in [1.807, 2.05) is 0 Å². The van der Waals surface area contributed by atoms with Crippen LogP contribution < -0.4 is 0 Å². The van der Waals surface area contributed by atoms with Crippen LogP contribution in [0.3, 0.4) is 0 Å². The van der Waals surface area contributed by atoms with Crippen LogP contribution in [0, 0.1) is 0 Å². The molecule has 0 aromatic heterocycles. The third kappa shape index (κ3) is 6650. The maximum absolute atomic E-state index is 2.12. The topological polar surface area (TPSA) is 0 Å². The second-order valence-electron chi connectivity index (χ2n) is 2.68. The van der Waals surface area contributed by atoms with Crippen molar-refractivity contribution in [3.63, 3.8) is 0 Å². The van der Waals surface area contributed by atoms with Crippen LogP contribution in [0.5, 0.6) is 0 Å². The highest BCUT2D eigenvalue weighted by atomic mass is 15.2. The predicted molar refractivity (Wildman–Crippen MR) is 160 cm³/mol. The number of nitrogens with zero attached hydrogens (tertiary/aromatic N) is 1. The van der Waals surface area contributed by atoms with Crippen molar-refractivity contribution in [2.24, 2.45) is 0 Å². The van der Waals surface area contributed by atoms with Gasteiger partial charge >= 0.3 is 0 Å². The molecule has 1 nitrogen and oxygen atoms in total. The van der Waals surface area contributed by atoms with E-state index in [4.69, 9.17) is 0 Å². The lowest BCUT2D eigenvalue weighted by molar-refractivity contribution is -0.849. The van der Waals surface area contributed by atoms with Crippen molar-refractivity contribution in [1.29, 1.82) is 0 Å². The molecule has 0 atom stereocenters. The maximum atomic E-state index is 2.12. The Morgan fingerprint density at radius 1 is 0.294 bits per heavy atom. The Bertz CT molecular complexity index is 34.0. The minimum absolute atomic E-state index is 0. The molecule has 0 aliphatic heterocycles. The van der Waals surface area contributed by atoms with Gasteiger partial charge in [-0.1, -0.05) is 101 Å². The number of hydrogen-bond acceptors (Lipinski definition) is 0. The van der Waals surface area contributed by atoms with E-state index >= 15 is 0 Å². The Kier molecular flexibility index (Phi) is 1190. The molecule has 0 saturated heterocycles. The molecule has 0 heterocycles. The minimum Gasteiger partial charge on any atom is -0.333 e. The van der Waals surface area contributed by atoms with Gasteiger partial charge < -0.3 is 4.48 Å². The molecule has 0 saturated carbocycles. The van der Waals surface area contributed by atoms with Crippen molar-refractivity contribution < 1.29 is 4.48 Å². The summed E-state index contributed by atoms with van der Waals surface area (Å²) in [7, 11) is 8.50. The van der Waals surface area contributed by atoms with Gasteiger partial charge in [0, 0.05) is 0 Å². The first-order valence-corrected chi connectivity index (χ1v) is 1.79. The summed E-state index contributed by atoms with van der Waals surface area (Å²) >= 11 is 0. The molecule has 0 bridgehead atoms. The summed E-state index contributed by atoms with van der Waals surface area (Å²) < 4.78 is 1.00. The van der Waals surface area contributed by atoms with E-state index in [9.17, 15) is 0 Å². The zero-order chi connectivity index (χ0) is 4.50. The molecule has 0 N–H and O–H groups in total. The fraction of sp³-hybridized carbons (Fsp3) is 1.00. The standard InChI is InChI=1S/C4H12N.12BH4/c1-5(2,3)4;;;;;;;;;;;;/h1-4H3;12*1H4/q+1;12*-1. The Balaban J connectivity index is -0.00000000121. The van der Waals surface area contributed by atoms with Crippen LogP contribution in [0.15, 0.2) is 0 Å². The van der Waals surface area contributed by atoms with Gasteiger partial charge in [0.2, 0.25) is 0 Å². The van der Waals surface area contributed by atoms with Gasteiger partial charge in [0.25, 0.3) is 0 Å². The van der Waals surface area contributed by atoms with E-state index in [0.717, 1.165) is 4.48 Å². The van der Waals surface area contributed by atoms with Crippen molar-refractivity contribution in [3.8, 4) is 0 Å². The number of hydrogen-bond donors (Lipinski definition) is 0. The quantitative estimate of drug-likeness (QED) is 0.297. The van der Waals surface area contributed by atoms with E-state index < -0.39 is 0 Å². The van der Waals surface area contributed by atoms with Gasteiger partial charge in [0.1, 0.15) is 0 Å². The molecule has 0 aromatic rings. The third-order valence-corrected chi connectivity index (χ3v) is 0. The van der Waals surface area contributed by atoms with Crippen LogP contribution in [0.4, 0.5) is 0 Å². The normalized spacial score (nSPS) is 3.53. The summed E-state index contributed by atoms with van der Waals surface area (Å²) in [5, 5.41) is 0. The monoisotopic (exact) mass is 255 g/mol. The molecule has 0 spiro atoms. The van der Waals surface area contributed by atoms with Crippen molar-refractivity contribution in [3.05, 3.63) is 0 Å². The molecular weight excluding hydrogens is 192 g/mol. The lowest BCUT2D eigenvalue weighted by Gasteiger charge is -2.14. The molecule has 13 heteroatoms. The van der Waals surface area contributed by atoms with Crippen LogP contribution >= 0.6 is 0 Å². The van der Waals surface area contributed by atoms with Gasteiger partial charge in [-0.25, -0.2) is 0 Å². The summed E-state index contributed by atoms with van der Waals surface area (Å²) in [5.74, 6) is 0. The maximum Gasteiger partial charge on any atom is 0.0675 e. The van der Waals surface area contributed by atoms with Crippen LogP contribution in [0.1, 0.15) is 0 Å². The van der Waals surface area contributed by atoms with Gasteiger partial charge in [0.15, 0.2) is 0 Å². The number of rotatable bonds is 0. The average Bonchev–Trinajstić information content (AvgIpc) is 0.722. The van der Waals surface area contributed by atoms with E-state index in [0.29, 0.717) is 0 Å². The summed E-state index contributed by atoms with van der Waals surface area (Å²) in [4.78, 5) is 0. The van der Waals surface area contributed by atoms with Crippen molar-refractivity contribution in [2.45, 2.75) is 0 Å². The van der Waals surface area contributed by atoms with Gasteiger partial charge in [-0.3, -0.25) is 0 Å². The molecular formula is C4H60B12N-11. The molecule has 0 unspecified atom stereocenters. The molecule has 128 valence electrons. The SMILES string of the molecule is C[N+](C)(C)C.[BH4-].[BH4-].[BH4-].[BH4-].[BH4-].[BH4-].[BH4-].[BH4-].[BH4-].[BH4-].[BH4-].[BH4-]. The van der Waals surface area contributed by atoms with Crippen LogP contribution in [0.25, 0.3) is 0 Å². The number of quaternary nitrogens is 1. The molecule has 0 amide bonds. The van der Waals surface area contributed by atoms with E-state index in [-0.39, 0.29) is 101 Å². The fourth-order valence-corrected chi connectivity index (χ4v) is 0. The highest BCUT2D eigenvalue weighted by Crippen LogP contribution is 1.73. The van der Waals surface area contributed by atoms with Gasteiger partial charge in [-0.05, 0) is 0 Å². The molecule has 0 aliphatic carbocycles. The first-order valence-electron chi connectivity index (χ1n) is 1.79. The lowest BCUT2D eigenvalue weighted by atomic mass is 10.8. The second kappa shape index (κ2) is 91.3. The summed E-state index contributed by atoms with van der Waals surface area (Å²) in [5.41, 5.74) is 0. The summed E-state index contributed by atoms with van der Waals surface area (Å²) in [6.45, 7) is 0. The highest BCUT2D eigenvalue weighted by molar-refractivity contribution is 5.77. The highest BCUT2D eigenvalue weighted by Gasteiger charge is 1.88. The largest absolute Gasteiger partial charge is 0.333 e. The Morgan fingerprint density at radius 2 is 0.294 bits per heavy atom. The van der Waals surface area contributed by atoms with Gasteiger partial charge in [-0.15, -0.1) is 0 Å². The van der Waals surface area contributed by atoms with Crippen LogP contribution in [0.2, 0.25) is 0 Å². The second-order valence-corrected chi connectivity index (χ2v) is 2.68. The van der Waals surface area contributed by atoms with Crippen LogP contribution in [-0.4, -0.2) is 134 Å².